The van der Waals surface area contributed by atoms with Gasteiger partial charge >= 0.3 is 0 Å². The third-order valence-corrected chi connectivity index (χ3v) is 3.08. The molecule has 1 aromatic carbocycles. The van der Waals surface area contributed by atoms with Crippen LogP contribution < -0.4 is 0 Å². The molecule has 0 bridgehead atoms. The minimum Gasteiger partial charge on any atom is -0.387 e. The molecule has 15 heavy (non-hydrogen) atoms. The van der Waals surface area contributed by atoms with Crippen molar-refractivity contribution in [3.63, 3.8) is 0 Å². The number of aromatic nitrogens is 1. The molecule has 1 atom stereocenters. The molecule has 0 fully saturated rings. The summed E-state index contributed by atoms with van der Waals surface area (Å²) in [5.74, 6) is 0. The lowest BCUT2D eigenvalue weighted by Crippen LogP contribution is -1.96. The molecule has 1 N–H and O–H groups in total. The van der Waals surface area contributed by atoms with E-state index in [9.17, 15) is 5.11 Å². The number of fused-ring (bicyclic) bond motifs is 1. The first-order chi connectivity index (χ1) is 7.11. The molecule has 0 aliphatic rings. The zero-order chi connectivity index (χ0) is 11.0. The lowest BCUT2D eigenvalue weighted by Gasteiger charge is -2.09. The zero-order valence-electron chi connectivity index (χ0n) is 8.04. The molecule has 78 valence electrons. The smallest absolute Gasteiger partial charge is 0.0938 e. The number of rotatable bonds is 1. The summed E-state index contributed by atoms with van der Waals surface area (Å²) in [4.78, 5) is 4.13. The number of pyridine rings is 1. The summed E-state index contributed by atoms with van der Waals surface area (Å²) in [5.41, 5.74) is 0.617. The van der Waals surface area contributed by atoms with Crippen molar-refractivity contribution in [2.75, 3.05) is 0 Å². The Morgan fingerprint density at radius 2 is 1.93 bits per heavy atom. The van der Waals surface area contributed by atoms with E-state index >= 15 is 0 Å². The van der Waals surface area contributed by atoms with Gasteiger partial charge in [-0.15, -0.1) is 0 Å². The van der Waals surface area contributed by atoms with Crippen LogP contribution >= 0.6 is 23.2 Å². The Kier molecular flexibility index (Phi) is 2.83. The molecule has 0 amide bonds. The predicted octanol–water partition coefficient (Wildman–Crippen LogP) is 3.59. The fraction of sp³-hybridized carbons (Fsp3) is 0.182. The number of nitrogens with zero attached hydrogens (tertiary/aromatic N) is 1. The minimum absolute atomic E-state index is 0.499. The second-order valence-electron chi connectivity index (χ2n) is 3.33. The summed E-state index contributed by atoms with van der Waals surface area (Å²) in [6, 6.07) is 5.31. The van der Waals surface area contributed by atoms with E-state index in [2.05, 4.69) is 4.98 Å². The van der Waals surface area contributed by atoms with Gasteiger partial charge in [0.1, 0.15) is 0 Å². The highest BCUT2D eigenvalue weighted by molar-refractivity contribution is 6.45. The van der Waals surface area contributed by atoms with Crippen LogP contribution in [0.1, 0.15) is 18.7 Å². The van der Waals surface area contributed by atoms with Crippen LogP contribution in [-0.4, -0.2) is 10.1 Å². The van der Waals surface area contributed by atoms with E-state index in [1.807, 2.05) is 6.07 Å². The molecule has 0 aliphatic heterocycles. The first-order valence-corrected chi connectivity index (χ1v) is 5.27. The quantitative estimate of drug-likeness (QED) is 0.828. The third-order valence-electron chi connectivity index (χ3n) is 2.26. The van der Waals surface area contributed by atoms with Gasteiger partial charge in [-0.25, -0.2) is 0 Å². The van der Waals surface area contributed by atoms with Crippen LogP contribution in [0.15, 0.2) is 24.4 Å². The van der Waals surface area contributed by atoms with Gasteiger partial charge in [-0.3, -0.25) is 4.98 Å². The second-order valence-corrected chi connectivity index (χ2v) is 4.11. The lowest BCUT2D eigenvalue weighted by atomic mass is 10.1. The largest absolute Gasteiger partial charge is 0.387 e. The molecule has 0 spiro atoms. The number of halogens is 2. The minimum atomic E-state index is -0.619. The standard InChI is InChI=1S/C11H9Cl2NO/c1-6(15)11-8-2-3-9(12)10(13)7(8)4-5-14-11/h2-6,15H,1H3. The predicted molar refractivity (Wildman–Crippen MR) is 62.4 cm³/mol. The van der Waals surface area contributed by atoms with Crippen molar-refractivity contribution in [1.29, 1.82) is 0 Å². The molecule has 0 radical (unpaired) electrons. The van der Waals surface area contributed by atoms with Gasteiger partial charge in [-0.1, -0.05) is 29.3 Å². The van der Waals surface area contributed by atoms with Gasteiger partial charge in [-0.05, 0) is 19.1 Å². The molecule has 0 aliphatic carbocycles. The fourth-order valence-electron chi connectivity index (χ4n) is 1.55. The average Bonchev–Trinajstić information content (AvgIpc) is 2.23. The van der Waals surface area contributed by atoms with Crippen molar-refractivity contribution in [3.05, 3.63) is 40.1 Å². The van der Waals surface area contributed by atoms with Gasteiger partial charge in [0.15, 0.2) is 0 Å². The zero-order valence-corrected chi connectivity index (χ0v) is 9.55. The van der Waals surface area contributed by atoms with E-state index in [4.69, 9.17) is 23.2 Å². The topological polar surface area (TPSA) is 33.1 Å². The van der Waals surface area contributed by atoms with Crippen LogP contribution in [-0.2, 0) is 0 Å². The van der Waals surface area contributed by atoms with E-state index in [1.54, 1.807) is 25.3 Å². The van der Waals surface area contributed by atoms with E-state index in [0.717, 1.165) is 10.8 Å². The molecule has 0 saturated carbocycles. The Morgan fingerprint density at radius 1 is 1.20 bits per heavy atom. The highest BCUT2D eigenvalue weighted by Crippen LogP contribution is 2.32. The number of hydrogen-bond donors (Lipinski definition) is 1. The Hall–Kier alpha value is -0.830. The summed E-state index contributed by atoms with van der Waals surface area (Å²) < 4.78 is 0. The maximum absolute atomic E-state index is 9.54. The summed E-state index contributed by atoms with van der Waals surface area (Å²) in [6.45, 7) is 1.67. The Labute approximate surface area is 97.5 Å². The third kappa shape index (κ3) is 1.81. The highest BCUT2D eigenvalue weighted by atomic mass is 35.5. The molecule has 2 aromatic rings. The summed E-state index contributed by atoms with van der Waals surface area (Å²) in [6.07, 6.45) is 0.998. The van der Waals surface area contributed by atoms with Gasteiger partial charge in [-0.2, -0.15) is 0 Å². The van der Waals surface area contributed by atoms with Crippen molar-refractivity contribution in [2.24, 2.45) is 0 Å². The van der Waals surface area contributed by atoms with E-state index < -0.39 is 6.10 Å². The van der Waals surface area contributed by atoms with Crippen LogP contribution in [0, 0.1) is 0 Å². The first kappa shape index (κ1) is 10.7. The van der Waals surface area contributed by atoms with Crippen LogP contribution in [0.25, 0.3) is 10.8 Å². The van der Waals surface area contributed by atoms with Gasteiger partial charge in [0, 0.05) is 17.0 Å². The van der Waals surface area contributed by atoms with Gasteiger partial charge < -0.3 is 5.11 Å². The summed E-state index contributed by atoms with van der Waals surface area (Å²) in [5, 5.41) is 12.2. The maximum atomic E-state index is 9.54. The van der Waals surface area contributed by atoms with Crippen LogP contribution in [0.4, 0.5) is 0 Å². The number of aliphatic hydroxyl groups excluding tert-OH is 1. The highest BCUT2D eigenvalue weighted by Gasteiger charge is 2.11. The molecule has 1 aromatic heterocycles. The molecule has 2 nitrogen and oxygen atoms in total. The molecular formula is C11H9Cl2NO. The Morgan fingerprint density at radius 3 is 2.60 bits per heavy atom. The Balaban J connectivity index is 2.83. The first-order valence-electron chi connectivity index (χ1n) is 4.52. The van der Waals surface area contributed by atoms with E-state index in [0.29, 0.717) is 15.7 Å². The van der Waals surface area contributed by atoms with E-state index in [-0.39, 0.29) is 0 Å². The maximum Gasteiger partial charge on any atom is 0.0938 e. The molecular weight excluding hydrogens is 233 g/mol. The van der Waals surface area contributed by atoms with Crippen LogP contribution in [0.5, 0.6) is 0 Å². The van der Waals surface area contributed by atoms with Crippen molar-refractivity contribution >= 4 is 34.0 Å². The van der Waals surface area contributed by atoms with Crippen molar-refractivity contribution in [3.8, 4) is 0 Å². The molecule has 0 saturated heterocycles. The summed E-state index contributed by atoms with van der Waals surface area (Å²) >= 11 is 12.0. The van der Waals surface area contributed by atoms with E-state index in [1.165, 1.54) is 0 Å². The average molecular weight is 242 g/mol. The normalized spacial score (nSPS) is 13.1. The molecule has 2 rings (SSSR count). The number of benzene rings is 1. The van der Waals surface area contributed by atoms with Crippen LogP contribution in [0.3, 0.4) is 0 Å². The van der Waals surface area contributed by atoms with Gasteiger partial charge in [0.05, 0.1) is 21.8 Å². The van der Waals surface area contributed by atoms with Gasteiger partial charge in [0.25, 0.3) is 0 Å². The number of aliphatic hydroxyl groups is 1. The fourth-order valence-corrected chi connectivity index (χ4v) is 1.94. The lowest BCUT2D eigenvalue weighted by molar-refractivity contribution is 0.196. The van der Waals surface area contributed by atoms with Gasteiger partial charge in [0.2, 0.25) is 0 Å². The molecule has 1 unspecified atom stereocenters. The molecule has 4 heteroatoms. The Bertz CT molecular complexity index is 511. The van der Waals surface area contributed by atoms with Crippen molar-refractivity contribution in [1.82, 2.24) is 4.98 Å². The van der Waals surface area contributed by atoms with Crippen molar-refractivity contribution < 1.29 is 5.11 Å². The summed E-state index contributed by atoms with van der Waals surface area (Å²) in [7, 11) is 0. The van der Waals surface area contributed by atoms with Crippen molar-refractivity contribution in [2.45, 2.75) is 13.0 Å². The monoisotopic (exact) mass is 241 g/mol. The second kappa shape index (κ2) is 3.97. The SMILES string of the molecule is CC(O)c1nccc2c(Cl)c(Cl)ccc12. The number of hydrogen-bond acceptors (Lipinski definition) is 2. The molecule has 1 heterocycles. The van der Waals surface area contributed by atoms with Crippen LogP contribution in [0.2, 0.25) is 10.0 Å².